The Kier molecular flexibility index (Phi) is 4.87. The maximum Gasteiger partial charge on any atom is 0.223 e. The topological polar surface area (TPSA) is 74.6 Å². The summed E-state index contributed by atoms with van der Waals surface area (Å²) in [5, 5.41) is 21.4. The monoisotopic (exact) mass is 430 g/mol. The molecule has 0 amide bonds. The zero-order chi connectivity index (χ0) is 21.4. The van der Waals surface area contributed by atoms with Gasteiger partial charge in [0.2, 0.25) is 5.12 Å². The van der Waals surface area contributed by atoms with E-state index in [0.717, 1.165) is 6.08 Å². The maximum atomic E-state index is 16.7. The third-order valence-corrected chi connectivity index (χ3v) is 8.76. The van der Waals surface area contributed by atoms with Crippen molar-refractivity contribution in [3.8, 4) is 0 Å². The third kappa shape index (κ3) is 2.54. The molecule has 4 nitrogen and oxygen atoms in total. The molecule has 0 radical (unpaired) electrons. The van der Waals surface area contributed by atoms with Gasteiger partial charge in [0.25, 0.3) is 0 Å². The summed E-state index contributed by atoms with van der Waals surface area (Å²) in [6.45, 7) is 3.15. The van der Waals surface area contributed by atoms with Gasteiger partial charge in [-0.15, -0.1) is 0 Å². The molecule has 1 unspecified atom stereocenters. The fraction of sp³-hybridized carbons (Fsp3) is 0.714. The van der Waals surface area contributed by atoms with E-state index in [0.29, 0.717) is 11.8 Å². The summed E-state index contributed by atoms with van der Waals surface area (Å²) < 4.78 is 44.7. The largest absolute Gasteiger partial charge is 0.390 e. The van der Waals surface area contributed by atoms with Gasteiger partial charge >= 0.3 is 0 Å². The van der Waals surface area contributed by atoms with E-state index in [1.165, 1.54) is 19.1 Å². The number of aliphatic hydroxyl groups excluding tert-OH is 1. The SMILES string of the molecule is C[C@@H]1C[C@@H]2C(C[C@H](O)[C@@]3(F)[C@H]2C[C@H](F)C2=CC(=O)C=C[C@@]23C)[C@@]1(O)C(=O)SCF. The minimum atomic E-state index is -2.24. The van der Waals surface area contributed by atoms with E-state index in [9.17, 15) is 24.2 Å². The normalized spacial score (nSPS) is 51.1. The van der Waals surface area contributed by atoms with Crippen molar-refractivity contribution in [3.05, 3.63) is 23.8 Å². The number of carbonyl (C=O) groups excluding carboxylic acids is 2. The van der Waals surface area contributed by atoms with Gasteiger partial charge in [0, 0.05) is 17.3 Å². The van der Waals surface area contributed by atoms with E-state index in [1.807, 2.05) is 0 Å². The molecule has 8 heteroatoms. The van der Waals surface area contributed by atoms with E-state index in [4.69, 9.17) is 0 Å². The summed E-state index contributed by atoms with van der Waals surface area (Å²) in [4.78, 5) is 24.3. The van der Waals surface area contributed by atoms with Gasteiger partial charge in [-0.25, -0.2) is 13.2 Å². The number of thioether (sulfide) groups is 1. The van der Waals surface area contributed by atoms with Crippen LogP contribution in [0.2, 0.25) is 0 Å². The van der Waals surface area contributed by atoms with Gasteiger partial charge < -0.3 is 10.2 Å². The van der Waals surface area contributed by atoms with Crippen LogP contribution >= 0.6 is 11.8 Å². The average Bonchev–Trinajstić information content (AvgIpc) is 2.92. The van der Waals surface area contributed by atoms with E-state index < -0.39 is 69.5 Å². The van der Waals surface area contributed by atoms with E-state index in [2.05, 4.69) is 0 Å². The quantitative estimate of drug-likeness (QED) is 0.704. The van der Waals surface area contributed by atoms with Crippen LogP contribution in [0.1, 0.15) is 33.1 Å². The number of alkyl halides is 3. The van der Waals surface area contributed by atoms with Gasteiger partial charge in [0.05, 0.1) is 6.10 Å². The highest BCUT2D eigenvalue weighted by atomic mass is 32.2. The van der Waals surface area contributed by atoms with Crippen LogP contribution in [0.4, 0.5) is 13.2 Å². The Morgan fingerprint density at radius 1 is 1.31 bits per heavy atom. The van der Waals surface area contributed by atoms with Gasteiger partial charge in [-0.05, 0) is 55.7 Å². The highest BCUT2D eigenvalue weighted by Gasteiger charge is 2.72. The minimum absolute atomic E-state index is 0.0339. The Morgan fingerprint density at radius 2 is 2.00 bits per heavy atom. The smallest absolute Gasteiger partial charge is 0.223 e. The molecule has 160 valence electrons. The van der Waals surface area contributed by atoms with Crippen LogP contribution < -0.4 is 0 Å². The Labute approximate surface area is 171 Å². The maximum absolute atomic E-state index is 16.7. The second kappa shape index (κ2) is 6.69. The Balaban J connectivity index is 1.79. The molecule has 4 aliphatic carbocycles. The molecule has 0 aromatic carbocycles. The third-order valence-electron chi connectivity index (χ3n) is 8.06. The molecule has 29 heavy (non-hydrogen) atoms. The summed E-state index contributed by atoms with van der Waals surface area (Å²) in [6, 6.07) is -0.984. The summed E-state index contributed by atoms with van der Waals surface area (Å²) >= 11 is 0.372. The summed E-state index contributed by atoms with van der Waals surface area (Å²) in [7, 11) is 0. The van der Waals surface area contributed by atoms with Crippen LogP contribution in [0.3, 0.4) is 0 Å². The first-order valence-electron chi connectivity index (χ1n) is 9.93. The molecule has 0 spiro atoms. The summed E-state index contributed by atoms with van der Waals surface area (Å²) in [5.41, 5.74) is -5.58. The molecule has 0 aromatic rings. The molecule has 2 N–H and O–H groups in total. The predicted octanol–water partition coefficient (Wildman–Crippen LogP) is 3.08. The molecule has 0 bridgehead atoms. The van der Waals surface area contributed by atoms with Crippen molar-refractivity contribution in [2.75, 3.05) is 6.01 Å². The van der Waals surface area contributed by atoms with Gasteiger partial charge in [-0.2, -0.15) is 0 Å². The van der Waals surface area contributed by atoms with Crippen LogP contribution in [0.5, 0.6) is 0 Å². The molecule has 0 aromatic heterocycles. The first-order valence-corrected chi connectivity index (χ1v) is 10.9. The van der Waals surface area contributed by atoms with E-state index in [1.54, 1.807) is 6.92 Å². The second-order valence-corrected chi connectivity index (χ2v) is 10.0. The highest BCUT2D eigenvalue weighted by molar-refractivity contribution is 8.13. The van der Waals surface area contributed by atoms with Crippen LogP contribution in [-0.2, 0) is 9.59 Å². The molecular weight excluding hydrogens is 405 g/mol. The van der Waals surface area contributed by atoms with Gasteiger partial charge in [0.1, 0.15) is 17.8 Å². The number of fused-ring (bicyclic) bond motifs is 5. The van der Waals surface area contributed by atoms with Crippen molar-refractivity contribution in [2.24, 2.45) is 29.1 Å². The first-order chi connectivity index (χ1) is 13.5. The average molecular weight is 430 g/mol. The van der Waals surface area contributed by atoms with Crippen molar-refractivity contribution in [2.45, 2.75) is 56.7 Å². The molecule has 4 aliphatic rings. The Bertz CT molecular complexity index is 816. The van der Waals surface area contributed by atoms with E-state index in [-0.39, 0.29) is 24.8 Å². The molecule has 9 atom stereocenters. The second-order valence-electron chi connectivity index (χ2n) is 9.14. The number of allylic oxidation sites excluding steroid dienone is 4. The number of hydrogen-bond donors (Lipinski definition) is 2. The number of halogens is 3. The van der Waals surface area contributed by atoms with Crippen molar-refractivity contribution in [1.82, 2.24) is 0 Å². The molecule has 0 heterocycles. The van der Waals surface area contributed by atoms with Gasteiger partial charge in [0.15, 0.2) is 11.5 Å². The highest BCUT2D eigenvalue weighted by Crippen LogP contribution is 2.67. The Hall–Kier alpha value is -1.12. The standard InChI is InChI=1S/C21H25F3O4S/c1-10-5-12-13(20(10,28)18(27)29-9-22)8-17(26)21(24)14(12)7-16(23)15-6-11(25)3-4-19(15,21)2/h3-4,6,10,12-14,16-17,26,28H,5,7-9H2,1-2H3/t10-,12-,13?,14+,16+,17+,19+,20-,21+/m1/s1. The molecule has 3 fully saturated rings. The Morgan fingerprint density at radius 3 is 2.66 bits per heavy atom. The number of hydrogen-bond acceptors (Lipinski definition) is 5. The van der Waals surface area contributed by atoms with Crippen LogP contribution in [0, 0.1) is 29.1 Å². The lowest BCUT2D eigenvalue weighted by Crippen LogP contribution is -2.67. The fourth-order valence-corrected chi connectivity index (χ4v) is 7.30. The van der Waals surface area contributed by atoms with Crippen LogP contribution in [-0.4, -0.2) is 50.7 Å². The first kappa shape index (κ1) is 21.1. The van der Waals surface area contributed by atoms with E-state index >= 15 is 8.78 Å². The molecular formula is C21H25F3O4S. The zero-order valence-corrected chi connectivity index (χ0v) is 17.1. The molecule has 3 saturated carbocycles. The van der Waals surface area contributed by atoms with Crippen molar-refractivity contribution in [3.63, 3.8) is 0 Å². The number of carbonyl (C=O) groups is 2. The lowest BCUT2D eigenvalue weighted by molar-refractivity contribution is -0.194. The lowest BCUT2D eigenvalue weighted by atomic mass is 9.47. The number of ketones is 1. The van der Waals surface area contributed by atoms with Crippen molar-refractivity contribution in [1.29, 1.82) is 0 Å². The van der Waals surface area contributed by atoms with Crippen molar-refractivity contribution < 1.29 is 33.0 Å². The van der Waals surface area contributed by atoms with Crippen LogP contribution in [0.15, 0.2) is 23.8 Å². The molecule has 0 saturated heterocycles. The lowest BCUT2D eigenvalue weighted by Gasteiger charge is -2.60. The van der Waals surface area contributed by atoms with Gasteiger partial charge in [-0.3, -0.25) is 9.59 Å². The summed E-state index contributed by atoms with van der Waals surface area (Å²) in [5.74, 6) is -3.22. The van der Waals surface area contributed by atoms with Crippen molar-refractivity contribution >= 4 is 22.7 Å². The number of aliphatic hydroxyl groups is 2. The van der Waals surface area contributed by atoms with Gasteiger partial charge in [-0.1, -0.05) is 24.8 Å². The predicted molar refractivity (Wildman–Crippen MR) is 102 cm³/mol. The number of rotatable bonds is 2. The summed E-state index contributed by atoms with van der Waals surface area (Å²) in [6.07, 6.45) is 0.420. The van der Waals surface area contributed by atoms with Crippen LogP contribution in [0.25, 0.3) is 0 Å². The minimum Gasteiger partial charge on any atom is -0.390 e. The fourth-order valence-electron chi connectivity index (χ4n) is 6.62. The molecule has 0 aliphatic heterocycles. The molecule has 4 rings (SSSR count). The zero-order valence-electron chi connectivity index (χ0n) is 16.3.